The number of hydrogen-bond donors (Lipinski definition) is 2. The molecule has 2 rings (SSSR count). The predicted octanol–water partition coefficient (Wildman–Crippen LogP) is 2.15. The summed E-state index contributed by atoms with van der Waals surface area (Å²) < 4.78 is 0. The lowest BCUT2D eigenvalue weighted by Gasteiger charge is -2.28. The largest absolute Gasteiger partial charge is 0.481 e. The Labute approximate surface area is 124 Å². The second-order valence-electron chi connectivity index (χ2n) is 6.16. The van der Waals surface area contributed by atoms with Gasteiger partial charge >= 0.3 is 5.97 Å². The van der Waals surface area contributed by atoms with Gasteiger partial charge in [0.2, 0.25) is 0 Å². The first-order valence-corrected chi connectivity index (χ1v) is 7.17. The van der Waals surface area contributed by atoms with Crippen molar-refractivity contribution in [3.05, 3.63) is 29.3 Å². The second-order valence-corrected chi connectivity index (χ2v) is 6.16. The third-order valence-corrected chi connectivity index (χ3v) is 4.64. The lowest BCUT2D eigenvalue weighted by Crippen LogP contribution is -2.40. The van der Waals surface area contributed by atoms with Crippen LogP contribution in [-0.2, 0) is 4.79 Å². The van der Waals surface area contributed by atoms with Crippen molar-refractivity contribution in [3.8, 4) is 0 Å². The minimum absolute atomic E-state index is 0.0130. The van der Waals surface area contributed by atoms with Crippen LogP contribution in [0.15, 0.2) is 18.2 Å². The maximum Gasteiger partial charge on any atom is 0.311 e. The van der Waals surface area contributed by atoms with E-state index < -0.39 is 11.4 Å². The number of carbonyl (C=O) groups is 2. The Kier molecular flexibility index (Phi) is 3.94. The monoisotopic (exact) mass is 290 g/mol. The first kappa shape index (κ1) is 15.4. The van der Waals surface area contributed by atoms with Crippen molar-refractivity contribution >= 4 is 17.6 Å². The van der Waals surface area contributed by atoms with Gasteiger partial charge in [0.15, 0.2) is 0 Å². The smallest absolute Gasteiger partial charge is 0.311 e. The zero-order valence-corrected chi connectivity index (χ0v) is 12.7. The number of rotatable bonds is 3. The number of carboxylic acids is 1. The van der Waals surface area contributed by atoms with Crippen LogP contribution in [0, 0.1) is 18.3 Å². The standard InChI is InChI=1S/C16H22N2O3/c1-10(2)16(15(20)21)6-7-18(9-16)14(19)12-4-5-13(17)11(3)8-12/h4-5,8,10H,6-7,9,17H2,1-3H3,(H,20,21). The van der Waals surface area contributed by atoms with Gasteiger partial charge in [-0.25, -0.2) is 0 Å². The summed E-state index contributed by atoms with van der Waals surface area (Å²) in [4.78, 5) is 25.8. The van der Waals surface area contributed by atoms with Crippen LogP contribution in [0.25, 0.3) is 0 Å². The third kappa shape index (κ3) is 2.60. The van der Waals surface area contributed by atoms with E-state index in [4.69, 9.17) is 5.73 Å². The number of nitrogens with two attached hydrogens (primary N) is 1. The van der Waals surface area contributed by atoms with E-state index in [1.54, 1.807) is 23.1 Å². The molecule has 114 valence electrons. The lowest BCUT2D eigenvalue weighted by atomic mass is 9.76. The number of likely N-dealkylation sites (tertiary alicyclic amines) is 1. The maximum atomic E-state index is 12.5. The summed E-state index contributed by atoms with van der Waals surface area (Å²) in [5, 5.41) is 9.53. The summed E-state index contributed by atoms with van der Waals surface area (Å²) in [6.45, 7) is 6.39. The molecule has 1 unspecified atom stereocenters. The van der Waals surface area contributed by atoms with Crippen molar-refractivity contribution in [3.63, 3.8) is 0 Å². The van der Waals surface area contributed by atoms with E-state index in [2.05, 4.69) is 0 Å². The molecular weight excluding hydrogens is 268 g/mol. The summed E-state index contributed by atoms with van der Waals surface area (Å²) in [5.41, 5.74) is 6.99. The van der Waals surface area contributed by atoms with E-state index in [9.17, 15) is 14.7 Å². The molecule has 1 aromatic rings. The average molecular weight is 290 g/mol. The van der Waals surface area contributed by atoms with E-state index in [1.165, 1.54) is 0 Å². The van der Waals surface area contributed by atoms with E-state index in [0.29, 0.717) is 24.2 Å². The molecule has 1 amide bonds. The zero-order valence-electron chi connectivity index (χ0n) is 12.7. The van der Waals surface area contributed by atoms with E-state index in [0.717, 1.165) is 5.56 Å². The minimum atomic E-state index is -0.835. The number of carbonyl (C=O) groups excluding carboxylic acids is 1. The van der Waals surface area contributed by atoms with Crippen molar-refractivity contribution in [2.75, 3.05) is 18.8 Å². The van der Waals surface area contributed by atoms with Crippen LogP contribution < -0.4 is 5.73 Å². The van der Waals surface area contributed by atoms with Crippen molar-refractivity contribution in [1.82, 2.24) is 4.90 Å². The van der Waals surface area contributed by atoms with Crippen LogP contribution in [0.2, 0.25) is 0 Å². The fourth-order valence-electron chi connectivity index (χ4n) is 2.89. The van der Waals surface area contributed by atoms with E-state index >= 15 is 0 Å². The Morgan fingerprint density at radius 1 is 1.38 bits per heavy atom. The molecule has 1 aliphatic rings. The fraction of sp³-hybridized carbons (Fsp3) is 0.500. The van der Waals surface area contributed by atoms with E-state index in [-0.39, 0.29) is 18.4 Å². The number of nitrogen functional groups attached to an aromatic ring is 1. The Balaban J connectivity index is 2.22. The van der Waals surface area contributed by atoms with Gasteiger partial charge in [-0.1, -0.05) is 13.8 Å². The molecule has 5 heteroatoms. The van der Waals surface area contributed by atoms with Crippen molar-refractivity contribution in [2.45, 2.75) is 27.2 Å². The highest BCUT2D eigenvalue weighted by Gasteiger charge is 2.48. The molecule has 1 aliphatic heterocycles. The zero-order chi connectivity index (χ0) is 15.8. The molecule has 21 heavy (non-hydrogen) atoms. The normalized spacial score (nSPS) is 21.8. The van der Waals surface area contributed by atoms with E-state index in [1.807, 2.05) is 20.8 Å². The highest BCUT2D eigenvalue weighted by molar-refractivity contribution is 5.95. The molecule has 3 N–H and O–H groups in total. The molecule has 1 atom stereocenters. The first-order valence-electron chi connectivity index (χ1n) is 7.17. The van der Waals surface area contributed by atoms with Crippen LogP contribution >= 0.6 is 0 Å². The molecular formula is C16H22N2O3. The number of hydrogen-bond acceptors (Lipinski definition) is 3. The summed E-state index contributed by atoms with van der Waals surface area (Å²) >= 11 is 0. The predicted molar refractivity (Wildman–Crippen MR) is 81.0 cm³/mol. The van der Waals surface area contributed by atoms with Gasteiger partial charge in [-0.05, 0) is 43.0 Å². The van der Waals surface area contributed by atoms with Crippen LogP contribution in [-0.4, -0.2) is 35.0 Å². The van der Waals surface area contributed by atoms with Gasteiger partial charge in [0.25, 0.3) is 5.91 Å². The molecule has 0 aliphatic carbocycles. The number of aliphatic carboxylic acids is 1. The maximum absolute atomic E-state index is 12.5. The number of aryl methyl sites for hydroxylation is 1. The van der Waals surface area contributed by atoms with Gasteiger partial charge in [0.1, 0.15) is 0 Å². The Hall–Kier alpha value is -2.04. The lowest BCUT2D eigenvalue weighted by molar-refractivity contribution is -0.150. The van der Waals surface area contributed by atoms with Gasteiger partial charge in [0, 0.05) is 24.3 Å². The molecule has 1 aromatic carbocycles. The topological polar surface area (TPSA) is 83.6 Å². The Morgan fingerprint density at radius 3 is 2.52 bits per heavy atom. The number of nitrogens with zero attached hydrogens (tertiary/aromatic N) is 1. The molecule has 1 saturated heterocycles. The molecule has 1 fully saturated rings. The molecule has 0 aromatic heterocycles. The molecule has 1 heterocycles. The number of carboxylic acid groups (broad SMARTS) is 1. The minimum Gasteiger partial charge on any atom is -0.481 e. The van der Waals surface area contributed by atoms with Crippen LogP contribution in [0.4, 0.5) is 5.69 Å². The van der Waals surface area contributed by atoms with Crippen LogP contribution in [0.3, 0.4) is 0 Å². The highest BCUT2D eigenvalue weighted by atomic mass is 16.4. The van der Waals surface area contributed by atoms with Crippen molar-refractivity contribution in [2.24, 2.45) is 11.3 Å². The van der Waals surface area contributed by atoms with Crippen LogP contribution in [0.5, 0.6) is 0 Å². The Bertz CT molecular complexity index is 583. The summed E-state index contributed by atoms with van der Waals surface area (Å²) in [7, 11) is 0. The SMILES string of the molecule is Cc1cc(C(=O)N2CCC(C(=O)O)(C(C)C)C2)ccc1N. The van der Waals surface area contributed by atoms with Crippen molar-refractivity contribution in [1.29, 1.82) is 0 Å². The fourth-order valence-corrected chi connectivity index (χ4v) is 2.89. The summed E-state index contributed by atoms with van der Waals surface area (Å²) in [5.74, 6) is -0.955. The van der Waals surface area contributed by atoms with Crippen molar-refractivity contribution < 1.29 is 14.7 Å². The molecule has 0 radical (unpaired) electrons. The highest BCUT2D eigenvalue weighted by Crippen LogP contribution is 2.38. The summed E-state index contributed by atoms with van der Waals surface area (Å²) in [6.07, 6.45) is 0.500. The van der Waals surface area contributed by atoms with Gasteiger partial charge in [-0.15, -0.1) is 0 Å². The van der Waals surface area contributed by atoms with Gasteiger partial charge in [-0.3, -0.25) is 9.59 Å². The molecule has 0 spiro atoms. The quantitative estimate of drug-likeness (QED) is 0.835. The molecule has 0 saturated carbocycles. The number of anilines is 1. The Morgan fingerprint density at radius 2 is 2.05 bits per heavy atom. The third-order valence-electron chi connectivity index (χ3n) is 4.64. The first-order chi connectivity index (χ1) is 9.78. The van der Waals surface area contributed by atoms with Crippen LogP contribution in [0.1, 0.15) is 36.2 Å². The second kappa shape index (κ2) is 5.39. The average Bonchev–Trinajstić information content (AvgIpc) is 2.87. The molecule has 0 bridgehead atoms. The van der Waals surface area contributed by atoms with Gasteiger partial charge < -0.3 is 15.7 Å². The molecule has 5 nitrogen and oxygen atoms in total. The summed E-state index contributed by atoms with van der Waals surface area (Å²) in [6, 6.07) is 5.17. The van der Waals surface area contributed by atoms with Gasteiger partial charge in [-0.2, -0.15) is 0 Å². The number of benzene rings is 1. The number of amides is 1. The van der Waals surface area contributed by atoms with Gasteiger partial charge in [0.05, 0.1) is 5.41 Å².